The largest absolute Gasteiger partial charge is 0.463 e. The molecule has 2 aromatic rings. The van der Waals surface area contributed by atoms with Gasteiger partial charge in [-0.1, -0.05) is 5.21 Å². The number of aryl methyl sites for hydroxylation is 1. The Bertz CT molecular complexity index is 948. The lowest BCUT2D eigenvalue weighted by Gasteiger charge is -2.18. The van der Waals surface area contributed by atoms with Crippen molar-refractivity contribution in [1.82, 2.24) is 24.5 Å². The van der Waals surface area contributed by atoms with E-state index in [4.69, 9.17) is 14.2 Å². The Balaban J connectivity index is 1.86. The smallest absolute Gasteiger partial charge is 0.330 e. The number of carbonyl (C=O) groups is 1. The van der Waals surface area contributed by atoms with Gasteiger partial charge in [-0.15, -0.1) is 5.10 Å². The van der Waals surface area contributed by atoms with Crippen LogP contribution in [0.2, 0.25) is 0 Å². The zero-order chi connectivity index (χ0) is 20.3. The summed E-state index contributed by atoms with van der Waals surface area (Å²) < 4.78 is 19.4. The summed E-state index contributed by atoms with van der Waals surface area (Å²) in [5, 5.41) is 8.21. The molecule has 3 atom stereocenters. The van der Waals surface area contributed by atoms with E-state index < -0.39 is 29.6 Å². The Kier molecular flexibility index (Phi) is 6.05. The van der Waals surface area contributed by atoms with Crippen LogP contribution >= 0.6 is 0 Å². The lowest BCUT2D eigenvalue weighted by molar-refractivity contribution is -0.146. The van der Waals surface area contributed by atoms with Gasteiger partial charge in [0.15, 0.2) is 0 Å². The molecule has 0 aromatic carbocycles. The maximum Gasteiger partial charge on any atom is 0.330 e. The first-order valence-electron chi connectivity index (χ1n) is 8.98. The highest BCUT2D eigenvalue weighted by Crippen LogP contribution is 2.36. The number of hydrogen-bond acceptors (Lipinski definition) is 8. The number of esters is 1. The normalized spacial score (nSPS) is 21.8. The number of aromatic nitrogens is 5. The molecule has 3 rings (SSSR count). The highest BCUT2D eigenvalue weighted by atomic mass is 16.6. The van der Waals surface area contributed by atoms with Crippen LogP contribution in [0.5, 0.6) is 0 Å². The summed E-state index contributed by atoms with van der Waals surface area (Å²) in [7, 11) is 0. The molecule has 2 aromatic heterocycles. The van der Waals surface area contributed by atoms with Crippen molar-refractivity contribution >= 4 is 5.97 Å². The molecular formula is C17H23N5O6. The van der Waals surface area contributed by atoms with E-state index in [1.807, 2.05) is 6.92 Å². The summed E-state index contributed by atoms with van der Waals surface area (Å²) in [4.78, 5) is 37.3. The SMILES string of the molecule is CCOCc1cn([C@H]2C[C@H](n3cc(C)c(=O)[nH]c3=O)O[C@@H]2COC(C)=O)nn1. The second-order valence-electron chi connectivity index (χ2n) is 6.54. The monoisotopic (exact) mass is 393 g/mol. The van der Waals surface area contributed by atoms with Crippen LogP contribution in [0.15, 0.2) is 22.0 Å². The predicted octanol–water partition coefficient (Wildman–Crippen LogP) is 0.0649. The van der Waals surface area contributed by atoms with Gasteiger partial charge in [0, 0.05) is 31.7 Å². The fourth-order valence-electron chi connectivity index (χ4n) is 3.06. The Morgan fingerprint density at radius 1 is 1.39 bits per heavy atom. The zero-order valence-corrected chi connectivity index (χ0v) is 16.0. The molecule has 11 heteroatoms. The molecular weight excluding hydrogens is 370 g/mol. The van der Waals surface area contributed by atoms with Gasteiger partial charge < -0.3 is 14.2 Å². The maximum absolute atomic E-state index is 12.2. The van der Waals surface area contributed by atoms with Gasteiger partial charge in [-0.2, -0.15) is 0 Å². The summed E-state index contributed by atoms with van der Waals surface area (Å²) >= 11 is 0. The molecule has 0 aliphatic carbocycles. The zero-order valence-electron chi connectivity index (χ0n) is 16.0. The fraction of sp³-hybridized carbons (Fsp3) is 0.588. The maximum atomic E-state index is 12.2. The molecule has 152 valence electrons. The molecule has 1 N–H and O–H groups in total. The summed E-state index contributed by atoms with van der Waals surface area (Å²) in [6.07, 6.45) is 2.41. The molecule has 11 nitrogen and oxygen atoms in total. The van der Waals surface area contributed by atoms with Crippen molar-refractivity contribution in [2.24, 2.45) is 0 Å². The molecule has 1 aliphatic heterocycles. The standard InChI is InChI=1S/C17H23N5O6/c1-4-26-8-12-7-22(20-19-12)13-5-15(28-14(13)9-27-11(3)23)21-6-10(2)16(24)18-17(21)25/h6-7,13-15H,4-5,8-9H2,1-3H3,(H,18,24,25)/t13-,14+,15+/m0/s1. The highest BCUT2D eigenvalue weighted by molar-refractivity contribution is 5.65. The van der Waals surface area contributed by atoms with E-state index in [0.29, 0.717) is 30.9 Å². The van der Waals surface area contributed by atoms with E-state index in [1.165, 1.54) is 17.7 Å². The summed E-state index contributed by atoms with van der Waals surface area (Å²) in [6, 6.07) is -0.314. The lowest BCUT2D eigenvalue weighted by atomic mass is 10.1. The quantitative estimate of drug-likeness (QED) is 0.654. The van der Waals surface area contributed by atoms with Crippen LogP contribution in [-0.4, -0.2) is 49.8 Å². The number of nitrogens with zero attached hydrogens (tertiary/aromatic N) is 4. The van der Waals surface area contributed by atoms with Crippen molar-refractivity contribution < 1.29 is 19.0 Å². The third-order valence-electron chi connectivity index (χ3n) is 4.46. The summed E-state index contributed by atoms with van der Waals surface area (Å²) in [6.45, 7) is 5.71. The molecule has 0 radical (unpaired) electrons. The minimum absolute atomic E-state index is 0.00817. The van der Waals surface area contributed by atoms with Crippen LogP contribution in [0.3, 0.4) is 0 Å². The molecule has 0 amide bonds. The van der Waals surface area contributed by atoms with Gasteiger partial charge in [0.05, 0.1) is 18.8 Å². The molecule has 1 saturated heterocycles. The summed E-state index contributed by atoms with van der Waals surface area (Å²) in [5.74, 6) is -0.432. The average molecular weight is 393 g/mol. The summed E-state index contributed by atoms with van der Waals surface area (Å²) in [5.41, 5.74) is 0.0451. The number of nitrogens with one attached hydrogen (secondary N) is 1. The van der Waals surface area contributed by atoms with Crippen molar-refractivity contribution in [2.45, 2.75) is 52.2 Å². The van der Waals surface area contributed by atoms with Crippen molar-refractivity contribution in [2.75, 3.05) is 13.2 Å². The predicted molar refractivity (Wildman–Crippen MR) is 95.6 cm³/mol. The van der Waals surface area contributed by atoms with Crippen LogP contribution in [0.4, 0.5) is 0 Å². The van der Waals surface area contributed by atoms with Crippen molar-refractivity contribution in [3.8, 4) is 0 Å². The fourth-order valence-corrected chi connectivity index (χ4v) is 3.06. The van der Waals surface area contributed by atoms with Gasteiger partial charge in [0.1, 0.15) is 24.6 Å². The Morgan fingerprint density at radius 3 is 2.89 bits per heavy atom. The van der Waals surface area contributed by atoms with E-state index in [2.05, 4.69) is 15.3 Å². The average Bonchev–Trinajstić information content (AvgIpc) is 3.28. The van der Waals surface area contributed by atoms with Crippen molar-refractivity contribution in [1.29, 1.82) is 0 Å². The Morgan fingerprint density at radius 2 is 2.18 bits per heavy atom. The second-order valence-corrected chi connectivity index (χ2v) is 6.54. The van der Waals surface area contributed by atoms with Gasteiger partial charge >= 0.3 is 11.7 Å². The number of rotatable bonds is 7. The lowest BCUT2D eigenvalue weighted by Crippen LogP contribution is -2.33. The highest BCUT2D eigenvalue weighted by Gasteiger charge is 2.39. The van der Waals surface area contributed by atoms with Crippen LogP contribution in [0, 0.1) is 6.92 Å². The molecule has 1 fully saturated rings. The molecule has 28 heavy (non-hydrogen) atoms. The molecule has 1 aliphatic rings. The van der Waals surface area contributed by atoms with E-state index >= 15 is 0 Å². The number of aromatic amines is 1. The Labute approximate surface area is 160 Å². The number of carbonyl (C=O) groups excluding carboxylic acids is 1. The van der Waals surface area contributed by atoms with Gasteiger partial charge in [-0.05, 0) is 13.8 Å². The van der Waals surface area contributed by atoms with Gasteiger partial charge in [-0.25, -0.2) is 9.48 Å². The molecule has 3 heterocycles. The van der Waals surface area contributed by atoms with Crippen LogP contribution < -0.4 is 11.2 Å². The molecule has 0 unspecified atom stereocenters. The van der Waals surface area contributed by atoms with E-state index in [0.717, 1.165) is 0 Å². The van der Waals surface area contributed by atoms with Gasteiger partial charge in [0.2, 0.25) is 0 Å². The molecule has 0 spiro atoms. The third-order valence-corrected chi connectivity index (χ3v) is 4.46. The van der Waals surface area contributed by atoms with Crippen molar-refractivity contribution in [3.05, 3.63) is 44.5 Å². The number of hydrogen-bond donors (Lipinski definition) is 1. The first kappa shape index (κ1) is 20.0. The second kappa shape index (κ2) is 8.48. The molecule has 0 bridgehead atoms. The minimum Gasteiger partial charge on any atom is -0.463 e. The van der Waals surface area contributed by atoms with Gasteiger partial charge in [-0.3, -0.25) is 19.1 Å². The number of H-pyrrole nitrogens is 1. The number of ether oxygens (including phenoxy) is 3. The van der Waals surface area contributed by atoms with E-state index in [9.17, 15) is 14.4 Å². The van der Waals surface area contributed by atoms with Crippen LogP contribution in [0.25, 0.3) is 0 Å². The first-order valence-corrected chi connectivity index (χ1v) is 8.98. The van der Waals surface area contributed by atoms with E-state index in [1.54, 1.807) is 17.8 Å². The van der Waals surface area contributed by atoms with Crippen LogP contribution in [-0.2, 0) is 25.6 Å². The van der Waals surface area contributed by atoms with E-state index in [-0.39, 0.29) is 12.6 Å². The minimum atomic E-state index is -0.645. The topological polar surface area (TPSA) is 130 Å². The first-order chi connectivity index (χ1) is 13.4. The van der Waals surface area contributed by atoms with Gasteiger partial charge in [0.25, 0.3) is 5.56 Å². The molecule has 0 saturated carbocycles. The Hall–Kier alpha value is -2.79. The third kappa shape index (κ3) is 4.37. The van der Waals surface area contributed by atoms with Crippen molar-refractivity contribution in [3.63, 3.8) is 0 Å². The van der Waals surface area contributed by atoms with Crippen LogP contribution in [0.1, 0.15) is 43.8 Å².